The first-order valence-electron chi connectivity index (χ1n) is 9.75. The number of carbonyl (C=O) groups excluding carboxylic acids is 3. The van der Waals surface area contributed by atoms with Crippen molar-refractivity contribution in [2.45, 2.75) is 57.7 Å². The monoisotopic (exact) mass is 370 g/mol. The number of allylic oxidation sites excluding steroid dienone is 1. The van der Waals surface area contributed by atoms with Gasteiger partial charge in [-0.1, -0.05) is 44.0 Å². The van der Waals surface area contributed by atoms with Gasteiger partial charge < -0.3 is 9.47 Å². The van der Waals surface area contributed by atoms with E-state index in [0.717, 1.165) is 19.3 Å². The molecule has 0 bridgehead atoms. The summed E-state index contributed by atoms with van der Waals surface area (Å²) < 4.78 is 11.1. The topological polar surface area (TPSA) is 69.7 Å². The van der Waals surface area contributed by atoms with Gasteiger partial charge in [-0.2, -0.15) is 0 Å². The fraction of sp³-hybridized carbons (Fsp3) is 0.500. The zero-order valence-corrected chi connectivity index (χ0v) is 15.6. The van der Waals surface area contributed by atoms with E-state index in [1.54, 1.807) is 30.3 Å². The zero-order valence-electron chi connectivity index (χ0n) is 15.6. The molecule has 2 aliphatic rings. The Hall–Kier alpha value is -2.43. The van der Waals surface area contributed by atoms with E-state index in [-0.39, 0.29) is 41.8 Å². The van der Waals surface area contributed by atoms with Crippen LogP contribution in [0.4, 0.5) is 0 Å². The van der Waals surface area contributed by atoms with Crippen LogP contribution >= 0.6 is 0 Å². The molecule has 1 saturated heterocycles. The van der Waals surface area contributed by atoms with Crippen LogP contribution in [-0.2, 0) is 19.1 Å². The molecule has 0 spiro atoms. The molecule has 4 atom stereocenters. The molecule has 2 unspecified atom stereocenters. The first kappa shape index (κ1) is 19.3. The van der Waals surface area contributed by atoms with Crippen molar-refractivity contribution >= 4 is 17.7 Å². The number of rotatable bonds is 8. The maximum atomic E-state index is 12.4. The Morgan fingerprint density at radius 3 is 2.74 bits per heavy atom. The van der Waals surface area contributed by atoms with Crippen molar-refractivity contribution in [3.63, 3.8) is 0 Å². The third-order valence-electron chi connectivity index (χ3n) is 5.35. The highest BCUT2D eigenvalue weighted by Gasteiger charge is 2.50. The molecule has 0 aromatic heterocycles. The molecule has 1 saturated carbocycles. The SMILES string of the molecule is CCCCCC(=O)/C=C/[C@H]1C(OC(=O)c2ccccc2)CC2OC(=O)C[C@@H]21. The fourth-order valence-electron chi connectivity index (χ4n) is 3.92. The van der Waals surface area contributed by atoms with Crippen LogP contribution in [0.15, 0.2) is 42.5 Å². The third-order valence-corrected chi connectivity index (χ3v) is 5.35. The van der Waals surface area contributed by atoms with Crippen LogP contribution in [0, 0.1) is 11.8 Å². The van der Waals surface area contributed by atoms with Crippen LogP contribution in [-0.4, -0.2) is 29.9 Å². The van der Waals surface area contributed by atoms with E-state index < -0.39 is 0 Å². The molecule has 27 heavy (non-hydrogen) atoms. The van der Waals surface area contributed by atoms with Crippen molar-refractivity contribution in [2.24, 2.45) is 11.8 Å². The first-order chi connectivity index (χ1) is 13.1. The van der Waals surface area contributed by atoms with E-state index >= 15 is 0 Å². The second kappa shape index (κ2) is 8.98. The van der Waals surface area contributed by atoms with Gasteiger partial charge in [0.15, 0.2) is 5.78 Å². The molecule has 5 nitrogen and oxygen atoms in total. The van der Waals surface area contributed by atoms with E-state index in [2.05, 4.69) is 6.92 Å². The van der Waals surface area contributed by atoms with E-state index in [0.29, 0.717) is 24.8 Å². The summed E-state index contributed by atoms with van der Waals surface area (Å²) in [6.07, 6.45) is 7.08. The standard InChI is InChI=1S/C22H26O5/c1-2-3-5-10-16(23)11-12-17-18-13-21(24)26-20(18)14-19(17)27-22(25)15-8-6-4-7-9-15/h4,6-9,11-12,17-20H,2-3,5,10,13-14H2,1H3/b12-11+/t17-,18-,19?,20?/m1/s1. The summed E-state index contributed by atoms with van der Waals surface area (Å²) in [5, 5.41) is 0. The fourth-order valence-corrected chi connectivity index (χ4v) is 3.92. The van der Waals surface area contributed by atoms with Gasteiger partial charge in [0.25, 0.3) is 0 Å². The molecule has 1 aliphatic carbocycles. The van der Waals surface area contributed by atoms with Gasteiger partial charge in [-0.25, -0.2) is 4.79 Å². The molecule has 5 heteroatoms. The van der Waals surface area contributed by atoms with Crippen LogP contribution in [0.2, 0.25) is 0 Å². The van der Waals surface area contributed by atoms with E-state index in [1.807, 2.05) is 12.1 Å². The predicted octanol–water partition coefficient (Wildman–Crippen LogP) is 3.87. The lowest BCUT2D eigenvalue weighted by molar-refractivity contribution is -0.141. The summed E-state index contributed by atoms with van der Waals surface area (Å²) in [7, 11) is 0. The number of unbranched alkanes of at least 4 members (excludes halogenated alkanes) is 2. The molecule has 2 fully saturated rings. The summed E-state index contributed by atoms with van der Waals surface area (Å²) in [5.41, 5.74) is 0.491. The number of hydrogen-bond donors (Lipinski definition) is 0. The summed E-state index contributed by atoms with van der Waals surface area (Å²) in [5.74, 6) is -0.745. The van der Waals surface area contributed by atoms with Crippen LogP contribution in [0.25, 0.3) is 0 Å². The second-order valence-corrected chi connectivity index (χ2v) is 7.30. The highest BCUT2D eigenvalue weighted by atomic mass is 16.6. The molecule has 1 aromatic rings. The Balaban J connectivity index is 1.67. The van der Waals surface area contributed by atoms with Crippen LogP contribution in [0.3, 0.4) is 0 Å². The first-order valence-corrected chi connectivity index (χ1v) is 9.75. The molecule has 1 aliphatic heterocycles. The zero-order chi connectivity index (χ0) is 19.2. The highest BCUT2D eigenvalue weighted by molar-refractivity contribution is 5.90. The van der Waals surface area contributed by atoms with Crippen LogP contribution < -0.4 is 0 Å². The van der Waals surface area contributed by atoms with Crippen molar-refractivity contribution in [1.82, 2.24) is 0 Å². The van der Waals surface area contributed by atoms with Crippen molar-refractivity contribution in [3.8, 4) is 0 Å². The van der Waals surface area contributed by atoms with Gasteiger partial charge in [-0.3, -0.25) is 9.59 Å². The molecule has 0 amide bonds. The second-order valence-electron chi connectivity index (χ2n) is 7.30. The molecule has 3 rings (SSSR count). The smallest absolute Gasteiger partial charge is 0.338 e. The summed E-state index contributed by atoms with van der Waals surface area (Å²) in [6.45, 7) is 2.10. The van der Waals surface area contributed by atoms with Crippen molar-refractivity contribution in [2.75, 3.05) is 0 Å². The lowest BCUT2D eigenvalue weighted by Gasteiger charge is -2.20. The third kappa shape index (κ3) is 4.85. The average molecular weight is 370 g/mol. The Morgan fingerprint density at radius 2 is 2.00 bits per heavy atom. The maximum absolute atomic E-state index is 12.4. The minimum atomic E-state index is -0.389. The Morgan fingerprint density at radius 1 is 1.22 bits per heavy atom. The summed E-state index contributed by atoms with van der Waals surface area (Å²) in [4.78, 5) is 36.2. The number of ether oxygens (including phenoxy) is 2. The van der Waals surface area contributed by atoms with Gasteiger partial charge in [-0.15, -0.1) is 0 Å². The predicted molar refractivity (Wildman–Crippen MR) is 100 cm³/mol. The minimum Gasteiger partial charge on any atom is -0.462 e. The maximum Gasteiger partial charge on any atom is 0.338 e. The number of ketones is 1. The average Bonchev–Trinajstić information content (AvgIpc) is 3.16. The number of hydrogen-bond acceptors (Lipinski definition) is 5. The highest BCUT2D eigenvalue weighted by Crippen LogP contribution is 2.43. The Labute approximate surface area is 159 Å². The molecular weight excluding hydrogens is 344 g/mol. The summed E-state index contributed by atoms with van der Waals surface area (Å²) >= 11 is 0. The molecule has 1 heterocycles. The van der Waals surface area contributed by atoms with Gasteiger partial charge in [0.05, 0.1) is 12.0 Å². The quantitative estimate of drug-likeness (QED) is 0.395. The Bertz CT molecular complexity index is 709. The van der Waals surface area contributed by atoms with E-state index in [9.17, 15) is 14.4 Å². The number of fused-ring (bicyclic) bond motifs is 1. The molecule has 0 radical (unpaired) electrons. The molecule has 0 N–H and O–H groups in total. The van der Waals surface area contributed by atoms with Crippen molar-refractivity contribution in [1.29, 1.82) is 0 Å². The van der Waals surface area contributed by atoms with Gasteiger partial charge in [0, 0.05) is 24.7 Å². The number of esters is 2. The lowest BCUT2D eigenvalue weighted by atomic mass is 9.91. The molecule has 1 aromatic carbocycles. The number of benzene rings is 1. The molecule has 144 valence electrons. The molecular formula is C22H26O5. The van der Waals surface area contributed by atoms with Gasteiger partial charge in [0.2, 0.25) is 0 Å². The van der Waals surface area contributed by atoms with E-state index in [1.165, 1.54) is 0 Å². The largest absolute Gasteiger partial charge is 0.462 e. The van der Waals surface area contributed by atoms with Gasteiger partial charge in [-0.05, 0) is 24.6 Å². The summed E-state index contributed by atoms with van der Waals surface area (Å²) in [6, 6.07) is 8.83. The van der Waals surface area contributed by atoms with Crippen molar-refractivity contribution < 1.29 is 23.9 Å². The van der Waals surface area contributed by atoms with E-state index in [4.69, 9.17) is 9.47 Å². The van der Waals surface area contributed by atoms with Gasteiger partial charge >= 0.3 is 11.9 Å². The lowest BCUT2D eigenvalue weighted by Crippen LogP contribution is -2.24. The van der Waals surface area contributed by atoms with Crippen molar-refractivity contribution in [3.05, 3.63) is 48.0 Å². The Kier molecular flexibility index (Phi) is 6.43. The van der Waals surface area contributed by atoms with Crippen LogP contribution in [0.5, 0.6) is 0 Å². The van der Waals surface area contributed by atoms with Gasteiger partial charge in [0.1, 0.15) is 12.2 Å². The van der Waals surface area contributed by atoms with Crippen LogP contribution in [0.1, 0.15) is 55.8 Å². The normalized spacial score (nSPS) is 26.8. The minimum absolute atomic E-state index is 0.0363. The number of carbonyl (C=O) groups is 3.